The zero-order valence-corrected chi connectivity index (χ0v) is 10.5. The Hall–Kier alpha value is -0.610. The lowest BCUT2D eigenvalue weighted by Crippen LogP contribution is -2.58. The summed E-state index contributed by atoms with van der Waals surface area (Å²) in [6, 6.07) is 0.425. The Bertz CT molecular complexity index is 226. The quantitative estimate of drug-likeness (QED) is 0.701. The number of carbonyl (C=O) groups excluding carboxylic acids is 1. The van der Waals surface area contributed by atoms with Crippen LogP contribution in [0.15, 0.2) is 0 Å². The summed E-state index contributed by atoms with van der Waals surface area (Å²) in [6.45, 7) is 2.35. The van der Waals surface area contributed by atoms with E-state index in [-0.39, 0.29) is 5.97 Å². The van der Waals surface area contributed by atoms with Gasteiger partial charge in [0.1, 0.15) is 5.54 Å². The van der Waals surface area contributed by atoms with Gasteiger partial charge in [-0.25, -0.2) is 4.79 Å². The highest BCUT2D eigenvalue weighted by atomic mass is 16.5. The molecule has 1 aliphatic carbocycles. The summed E-state index contributed by atoms with van der Waals surface area (Å²) in [5.41, 5.74) is -0.668. The van der Waals surface area contributed by atoms with E-state index in [2.05, 4.69) is 5.32 Å². The van der Waals surface area contributed by atoms with Gasteiger partial charge in [-0.3, -0.25) is 5.32 Å². The average molecular weight is 229 g/mol. The van der Waals surface area contributed by atoms with Crippen LogP contribution in [0.3, 0.4) is 0 Å². The third kappa shape index (κ3) is 2.95. The molecule has 0 spiro atoms. The standard InChI is InChI=1S/C12H23NO3/c1-4-12(9-15-2,11(14)16-3)13-10-7-5-6-8-10/h10,13H,4-9H2,1-3H3. The molecule has 0 radical (unpaired) electrons. The van der Waals surface area contributed by atoms with Crippen molar-refractivity contribution in [3.8, 4) is 0 Å². The van der Waals surface area contributed by atoms with Gasteiger partial charge in [0.25, 0.3) is 0 Å². The lowest BCUT2D eigenvalue weighted by molar-refractivity contribution is -0.151. The van der Waals surface area contributed by atoms with Crippen molar-refractivity contribution < 1.29 is 14.3 Å². The maximum absolute atomic E-state index is 11.9. The van der Waals surface area contributed by atoms with Crippen LogP contribution in [0.2, 0.25) is 0 Å². The van der Waals surface area contributed by atoms with Gasteiger partial charge in [0.05, 0.1) is 13.7 Å². The minimum Gasteiger partial charge on any atom is -0.468 e. The molecular weight excluding hydrogens is 206 g/mol. The van der Waals surface area contributed by atoms with Crippen LogP contribution in [-0.4, -0.2) is 38.4 Å². The summed E-state index contributed by atoms with van der Waals surface area (Å²) < 4.78 is 10.1. The molecule has 1 saturated carbocycles. The van der Waals surface area contributed by atoms with Crippen LogP contribution < -0.4 is 5.32 Å². The van der Waals surface area contributed by atoms with Crippen LogP contribution >= 0.6 is 0 Å². The predicted octanol–water partition coefficient (Wildman–Crippen LogP) is 1.49. The fraction of sp³-hybridized carbons (Fsp3) is 0.917. The monoisotopic (exact) mass is 229 g/mol. The van der Waals surface area contributed by atoms with Crippen molar-refractivity contribution in [3.05, 3.63) is 0 Å². The van der Waals surface area contributed by atoms with Crippen molar-refractivity contribution >= 4 is 5.97 Å². The smallest absolute Gasteiger partial charge is 0.328 e. The summed E-state index contributed by atoms with van der Waals surface area (Å²) in [4.78, 5) is 11.9. The predicted molar refractivity (Wildman–Crippen MR) is 62.3 cm³/mol. The van der Waals surface area contributed by atoms with E-state index in [0.29, 0.717) is 19.1 Å². The first-order valence-corrected chi connectivity index (χ1v) is 6.03. The van der Waals surface area contributed by atoms with Crippen LogP contribution in [0.5, 0.6) is 0 Å². The molecule has 0 aromatic carbocycles. The number of carbonyl (C=O) groups is 1. The van der Waals surface area contributed by atoms with Crippen molar-refractivity contribution in [2.24, 2.45) is 0 Å². The lowest BCUT2D eigenvalue weighted by atomic mass is 9.95. The van der Waals surface area contributed by atoms with Crippen molar-refractivity contribution in [1.29, 1.82) is 0 Å². The molecule has 1 unspecified atom stereocenters. The minimum absolute atomic E-state index is 0.219. The highest BCUT2D eigenvalue weighted by molar-refractivity contribution is 5.81. The number of hydrogen-bond acceptors (Lipinski definition) is 4. The molecule has 0 aromatic rings. The van der Waals surface area contributed by atoms with Gasteiger partial charge >= 0.3 is 5.97 Å². The molecule has 0 saturated heterocycles. The fourth-order valence-corrected chi connectivity index (χ4v) is 2.41. The second kappa shape index (κ2) is 6.21. The Morgan fingerprint density at radius 3 is 2.44 bits per heavy atom. The van der Waals surface area contributed by atoms with Gasteiger partial charge in [0.2, 0.25) is 0 Å². The first kappa shape index (κ1) is 13.5. The van der Waals surface area contributed by atoms with Gasteiger partial charge in [-0.15, -0.1) is 0 Å². The summed E-state index contributed by atoms with van der Waals surface area (Å²) in [5, 5.41) is 3.43. The van der Waals surface area contributed by atoms with E-state index in [4.69, 9.17) is 9.47 Å². The zero-order chi connectivity index (χ0) is 12.0. The fourth-order valence-electron chi connectivity index (χ4n) is 2.41. The van der Waals surface area contributed by atoms with Crippen molar-refractivity contribution in [3.63, 3.8) is 0 Å². The molecule has 4 heteroatoms. The Morgan fingerprint density at radius 2 is 2.00 bits per heavy atom. The van der Waals surface area contributed by atoms with Crippen molar-refractivity contribution in [1.82, 2.24) is 5.32 Å². The first-order valence-electron chi connectivity index (χ1n) is 6.03. The van der Waals surface area contributed by atoms with E-state index in [1.165, 1.54) is 20.0 Å². The topological polar surface area (TPSA) is 47.6 Å². The Morgan fingerprint density at radius 1 is 1.38 bits per heavy atom. The van der Waals surface area contributed by atoms with Crippen LogP contribution in [0.1, 0.15) is 39.0 Å². The molecule has 1 fully saturated rings. The van der Waals surface area contributed by atoms with Crippen molar-refractivity contribution in [2.45, 2.75) is 50.6 Å². The zero-order valence-electron chi connectivity index (χ0n) is 10.5. The van der Waals surface area contributed by atoms with E-state index in [1.807, 2.05) is 6.92 Å². The number of nitrogens with one attached hydrogen (secondary N) is 1. The van der Waals surface area contributed by atoms with Gasteiger partial charge in [-0.05, 0) is 19.3 Å². The van der Waals surface area contributed by atoms with E-state index in [0.717, 1.165) is 12.8 Å². The summed E-state index contributed by atoms with van der Waals surface area (Å²) in [6.07, 6.45) is 5.45. The number of rotatable bonds is 6. The SMILES string of the molecule is CCC(COC)(NC1CCCC1)C(=O)OC. The van der Waals surface area contributed by atoms with Crippen LogP contribution in [0.25, 0.3) is 0 Å². The lowest BCUT2D eigenvalue weighted by Gasteiger charge is -2.33. The van der Waals surface area contributed by atoms with Gasteiger partial charge in [-0.1, -0.05) is 19.8 Å². The van der Waals surface area contributed by atoms with E-state index >= 15 is 0 Å². The van der Waals surface area contributed by atoms with E-state index in [1.54, 1.807) is 7.11 Å². The normalized spacial score (nSPS) is 20.7. The number of hydrogen-bond donors (Lipinski definition) is 1. The molecule has 1 aliphatic rings. The highest BCUT2D eigenvalue weighted by Crippen LogP contribution is 2.23. The Balaban J connectivity index is 2.70. The van der Waals surface area contributed by atoms with Crippen molar-refractivity contribution in [2.75, 3.05) is 20.8 Å². The summed E-state index contributed by atoms with van der Waals surface area (Å²) in [5.74, 6) is -0.219. The second-order valence-corrected chi connectivity index (χ2v) is 4.49. The Labute approximate surface area is 97.7 Å². The molecule has 0 aliphatic heterocycles. The molecule has 0 bridgehead atoms. The van der Waals surface area contributed by atoms with Crippen LogP contribution in [0.4, 0.5) is 0 Å². The molecular formula is C12H23NO3. The maximum atomic E-state index is 11.9. The molecule has 0 amide bonds. The van der Waals surface area contributed by atoms with Gasteiger partial charge in [-0.2, -0.15) is 0 Å². The Kier molecular flexibility index (Phi) is 5.22. The molecule has 1 N–H and O–H groups in total. The van der Waals surface area contributed by atoms with Gasteiger partial charge in [0.15, 0.2) is 0 Å². The molecule has 1 atom stereocenters. The van der Waals surface area contributed by atoms with Gasteiger partial charge in [0, 0.05) is 13.2 Å². The molecule has 0 aromatic heterocycles. The third-order valence-corrected chi connectivity index (χ3v) is 3.41. The molecule has 1 rings (SSSR count). The van der Waals surface area contributed by atoms with E-state index in [9.17, 15) is 4.79 Å². The first-order chi connectivity index (χ1) is 7.68. The second-order valence-electron chi connectivity index (χ2n) is 4.49. The van der Waals surface area contributed by atoms with Gasteiger partial charge < -0.3 is 9.47 Å². The average Bonchev–Trinajstić information content (AvgIpc) is 2.80. The summed E-state index contributed by atoms with van der Waals surface area (Å²) >= 11 is 0. The number of methoxy groups -OCH3 is 2. The molecule has 94 valence electrons. The number of ether oxygens (including phenoxy) is 2. The van der Waals surface area contributed by atoms with Crippen LogP contribution in [0, 0.1) is 0 Å². The number of esters is 1. The maximum Gasteiger partial charge on any atom is 0.328 e. The van der Waals surface area contributed by atoms with Crippen LogP contribution in [-0.2, 0) is 14.3 Å². The van der Waals surface area contributed by atoms with E-state index < -0.39 is 5.54 Å². The summed E-state index contributed by atoms with van der Waals surface area (Å²) in [7, 11) is 3.04. The molecule has 16 heavy (non-hydrogen) atoms. The largest absolute Gasteiger partial charge is 0.468 e. The third-order valence-electron chi connectivity index (χ3n) is 3.41. The minimum atomic E-state index is -0.668. The highest BCUT2D eigenvalue weighted by Gasteiger charge is 2.40. The molecule has 0 heterocycles. The molecule has 4 nitrogen and oxygen atoms in total.